The summed E-state index contributed by atoms with van der Waals surface area (Å²) < 4.78 is 0. The van der Waals surface area contributed by atoms with Crippen LogP contribution in [0.25, 0.3) is 0 Å². The summed E-state index contributed by atoms with van der Waals surface area (Å²) in [7, 11) is 0. The molecule has 0 saturated heterocycles. The van der Waals surface area contributed by atoms with Gasteiger partial charge in [0.25, 0.3) is 5.91 Å². The van der Waals surface area contributed by atoms with Crippen LogP contribution in [0.15, 0.2) is 84.0 Å². The van der Waals surface area contributed by atoms with E-state index < -0.39 is 5.72 Å². The molecule has 0 unspecified atom stereocenters. The fourth-order valence-corrected chi connectivity index (χ4v) is 3.74. The second-order valence-electron chi connectivity index (χ2n) is 6.33. The van der Waals surface area contributed by atoms with E-state index in [0.717, 1.165) is 11.3 Å². The number of halogens is 1. The van der Waals surface area contributed by atoms with Crippen molar-refractivity contribution in [3.05, 3.63) is 95.0 Å². The van der Waals surface area contributed by atoms with Gasteiger partial charge in [0, 0.05) is 16.3 Å². The lowest BCUT2D eigenvalue weighted by molar-refractivity contribution is -0.137. The predicted molar refractivity (Wildman–Crippen MR) is 105 cm³/mol. The van der Waals surface area contributed by atoms with Gasteiger partial charge in [0.15, 0.2) is 5.84 Å². The van der Waals surface area contributed by atoms with Gasteiger partial charge in [0.2, 0.25) is 0 Å². The molecule has 0 fully saturated rings. The van der Waals surface area contributed by atoms with Crippen LogP contribution in [-0.4, -0.2) is 11.7 Å². The monoisotopic (exact) mass is 375 g/mol. The Morgan fingerprint density at radius 3 is 2.56 bits per heavy atom. The number of anilines is 2. The maximum Gasteiger partial charge on any atom is 0.322 e. The first-order chi connectivity index (χ1) is 13.2. The Kier molecular flexibility index (Phi) is 3.45. The number of fused-ring (bicyclic) bond motifs is 2. The molecule has 6 heteroatoms. The topological polar surface area (TPSA) is 53.9 Å². The number of benzene rings is 3. The van der Waals surface area contributed by atoms with Crippen LogP contribution in [0.1, 0.15) is 11.1 Å². The molecular formula is C21H14ClN3O2. The average molecular weight is 376 g/mol. The number of amides is 1. The molecule has 2 aliphatic rings. The lowest BCUT2D eigenvalue weighted by Crippen LogP contribution is -2.51. The van der Waals surface area contributed by atoms with Crippen molar-refractivity contribution in [2.75, 3.05) is 10.2 Å². The minimum Gasteiger partial charge on any atom is -0.349 e. The van der Waals surface area contributed by atoms with Crippen molar-refractivity contribution in [2.24, 2.45) is 5.16 Å². The molecule has 0 bridgehead atoms. The van der Waals surface area contributed by atoms with E-state index in [9.17, 15) is 4.79 Å². The first kappa shape index (κ1) is 15.9. The van der Waals surface area contributed by atoms with E-state index in [0.29, 0.717) is 22.1 Å². The van der Waals surface area contributed by atoms with Gasteiger partial charge in [-0.1, -0.05) is 71.4 Å². The van der Waals surface area contributed by atoms with Crippen LogP contribution in [0.2, 0.25) is 5.02 Å². The highest BCUT2D eigenvalue weighted by atomic mass is 35.5. The molecule has 3 aromatic rings. The van der Waals surface area contributed by atoms with E-state index in [1.54, 1.807) is 17.0 Å². The SMILES string of the molecule is O=C1Nc2ccccc2[C@]12ON=C(c1ccccc1)N2c1cccc(Cl)c1. The third-order valence-electron chi connectivity index (χ3n) is 4.74. The zero-order chi connectivity index (χ0) is 18.4. The lowest BCUT2D eigenvalue weighted by Gasteiger charge is -2.32. The zero-order valence-electron chi connectivity index (χ0n) is 14.1. The van der Waals surface area contributed by atoms with Gasteiger partial charge in [-0.2, -0.15) is 0 Å². The molecule has 0 radical (unpaired) electrons. The van der Waals surface area contributed by atoms with Crippen molar-refractivity contribution in [3.8, 4) is 0 Å². The minimum atomic E-state index is -1.41. The number of amidine groups is 1. The van der Waals surface area contributed by atoms with Crippen molar-refractivity contribution < 1.29 is 9.63 Å². The summed E-state index contributed by atoms with van der Waals surface area (Å²) in [6, 6.07) is 24.4. The smallest absolute Gasteiger partial charge is 0.322 e. The summed E-state index contributed by atoms with van der Waals surface area (Å²) in [4.78, 5) is 20.8. The maximum absolute atomic E-state index is 13.1. The van der Waals surface area contributed by atoms with Gasteiger partial charge in [-0.25, -0.2) is 0 Å². The van der Waals surface area contributed by atoms with Crippen LogP contribution in [0, 0.1) is 0 Å². The number of rotatable bonds is 2. The first-order valence-electron chi connectivity index (χ1n) is 8.48. The fourth-order valence-electron chi connectivity index (χ4n) is 3.56. The second-order valence-corrected chi connectivity index (χ2v) is 6.77. The van der Waals surface area contributed by atoms with E-state index in [-0.39, 0.29) is 5.91 Å². The predicted octanol–water partition coefficient (Wildman–Crippen LogP) is 4.34. The molecule has 27 heavy (non-hydrogen) atoms. The van der Waals surface area contributed by atoms with Crippen molar-refractivity contribution in [2.45, 2.75) is 5.72 Å². The number of nitrogens with zero attached hydrogens (tertiary/aromatic N) is 2. The normalized spacial score (nSPS) is 20.3. The van der Waals surface area contributed by atoms with Gasteiger partial charge in [0.1, 0.15) is 0 Å². The molecule has 3 aromatic carbocycles. The highest BCUT2D eigenvalue weighted by molar-refractivity contribution is 6.31. The third kappa shape index (κ3) is 2.25. The molecule has 1 N–H and O–H groups in total. The highest BCUT2D eigenvalue weighted by Crippen LogP contribution is 2.47. The van der Waals surface area contributed by atoms with Crippen LogP contribution < -0.4 is 10.2 Å². The largest absolute Gasteiger partial charge is 0.349 e. The van der Waals surface area contributed by atoms with Crippen LogP contribution in [0.5, 0.6) is 0 Å². The molecule has 1 amide bonds. The summed E-state index contributed by atoms with van der Waals surface area (Å²) in [5, 5.41) is 7.78. The van der Waals surface area contributed by atoms with E-state index in [4.69, 9.17) is 16.4 Å². The van der Waals surface area contributed by atoms with E-state index in [1.807, 2.05) is 66.7 Å². The molecule has 0 saturated carbocycles. The van der Waals surface area contributed by atoms with Gasteiger partial charge in [-0.3, -0.25) is 9.69 Å². The number of hydrogen-bond donors (Lipinski definition) is 1. The lowest BCUT2D eigenvalue weighted by atomic mass is 10.00. The van der Waals surface area contributed by atoms with Crippen LogP contribution in [-0.2, 0) is 15.4 Å². The first-order valence-corrected chi connectivity index (χ1v) is 8.86. The molecular weight excluding hydrogens is 362 g/mol. The molecule has 0 aliphatic carbocycles. The Bertz CT molecular complexity index is 1080. The van der Waals surface area contributed by atoms with Gasteiger partial charge in [-0.05, 0) is 24.3 Å². The second kappa shape index (κ2) is 5.86. The highest BCUT2D eigenvalue weighted by Gasteiger charge is 2.59. The maximum atomic E-state index is 13.1. The van der Waals surface area contributed by atoms with Crippen molar-refractivity contribution in [3.63, 3.8) is 0 Å². The van der Waals surface area contributed by atoms with Crippen LogP contribution in [0.4, 0.5) is 11.4 Å². The molecule has 1 atom stereocenters. The molecule has 1 spiro atoms. The Morgan fingerprint density at radius 1 is 0.963 bits per heavy atom. The van der Waals surface area contributed by atoms with Crippen molar-refractivity contribution in [1.82, 2.24) is 0 Å². The van der Waals surface area contributed by atoms with Crippen LogP contribution in [0.3, 0.4) is 0 Å². The van der Waals surface area contributed by atoms with E-state index >= 15 is 0 Å². The molecule has 2 aliphatic heterocycles. The van der Waals surface area contributed by atoms with Gasteiger partial charge >= 0.3 is 5.72 Å². The standard InChI is InChI=1S/C21H14ClN3O2/c22-15-9-6-10-16(13-15)25-19(14-7-2-1-3-8-14)24-27-21(25)17-11-4-5-12-18(17)23-20(21)26/h1-13H,(H,23,26)/t21-/m0/s1. The van der Waals surface area contributed by atoms with Gasteiger partial charge in [-0.15, -0.1) is 0 Å². The summed E-state index contributed by atoms with van der Waals surface area (Å²) in [6.07, 6.45) is 0. The fraction of sp³-hybridized carbons (Fsp3) is 0.0476. The van der Waals surface area contributed by atoms with Crippen LogP contribution >= 0.6 is 11.6 Å². The number of carbonyl (C=O) groups is 1. The van der Waals surface area contributed by atoms with Gasteiger partial charge < -0.3 is 10.2 Å². The summed E-state index contributed by atoms with van der Waals surface area (Å²) in [5.74, 6) is 0.253. The Balaban J connectivity index is 1.75. The zero-order valence-corrected chi connectivity index (χ0v) is 14.9. The molecule has 0 aromatic heterocycles. The Morgan fingerprint density at radius 2 is 1.74 bits per heavy atom. The van der Waals surface area contributed by atoms with Crippen molar-refractivity contribution in [1.29, 1.82) is 0 Å². The number of carbonyl (C=O) groups excluding carboxylic acids is 1. The number of hydrogen-bond acceptors (Lipinski definition) is 4. The number of oxime groups is 1. The summed E-state index contributed by atoms with van der Waals surface area (Å²) in [5.41, 5.74) is 1.57. The van der Waals surface area contributed by atoms with Crippen molar-refractivity contribution >= 4 is 34.7 Å². The Labute approximate surface area is 160 Å². The quantitative estimate of drug-likeness (QED) is 0.724. The molecule has 132 valence electrons. The summed E-state index contributed by atoms with van der Waals surface area (Å²) in [6.45, 7) is 0. The van der Waals surface area contributed by atoms with E-state index in [1.165, 1.54) is 0 Å². The average Bonchev–Trinajstić information content (AvgIpc) is 3.23. The molecule has 5 nitrogen and oxygen atoms in total. The molecule has 5 rings (SSSR count). The Hall–Kier alpha value is -3.31. The van der Waals surface area contributed by atoms with Gasteiger partial charge in [0.05, 0.1) is 11.3 Å². The number of para-hydroxylation sites is 1. The molecule has 2 heterocycles. The third-order valence-corrected chi connectivity index (χ3v) is 4.97. The van der Waals surface area contributed by atoms with E-state index in [2.05, 4.69) is 10.5 Å². The number of nitrogens with one attached hydrogen (secondary N) is 1. The summed E-state index contributed by atoms with van der Waals surface area (Å²) >= 11 is 6.24. The minimum absolute atomic E-state index is 0.293.